The molecule has 10 heteroatoms. The van der Waals surface area contributed by atoms with Gasteiger partial charge in [0.1, 0.15) is 0 Å². The van der Waals surface area contributed by atoms with Gasteiger partial charge in [0.25, 0.3) is 5.91 Å². The molecular weight excluding hydrogens is 430 g/mol. The van der Waals surface area contributed by atoms with Crippen molar-refractivity contribution in [3.8, 4) is 0 Å². The van der Waals surface area contributed by atoms with Gasteiger partial charge in [0.05, 0.1) is 27.3 Å². The highest BCUT2D eigenvalue weighted by Gasteiger charge is 2.15. The Morgan fingerprint density at radius 3 is 2.72 bits per heavy atom. The average Bonchev–Trinajstić information content (AvgIpc) is 3.02. The predicted molar refractivity (Wildman–Crippen MR) is 116 cm³/mol. The Morgan fingerprint density at radius 2 is 2.03 bits per heavy atom. The van der Waals surface area contributed by atoms with Crippen molar-refractivity contribution in [1.82, 2.24) is 4.57 Å². The van der Waals surface area contributed by atoms with Crippen LogP contribution in [0.2, 0.25) is 0 Å². The molecule has 0 bridgehead atoms. The molecule has 154 valence electrons. The Morgan fingerprint density at radius 1 is 1.28 bits per heavy atom. The number of sulfonamides is 1. The summed E-state index contributed by atoms with van der Waals surface area (Å²) in [6.07, 6.45) is 0. The van der Waals surface area contributed by atoms with Gasteiger partial charge >= 0.3 is 0 Å². The van der Waals surface area contributed by atoms with Gasteiger partial charge in [-0.3, -0.25) is 4.79 Å². The van der Waals surface area contributed by atoms with Gasteiger partial charge in [0.15, 0.2) is 4.80 Å². The van der Waals surface area contributed by atoms with E-state index in [0.29, 0.717) is 28.2 Å². The highest BCUT2D eigenvalue weighted by Crippen LogP contribution is 2.24. The Labute approximate surface area is 177 Å². The third kappa shape index (κ3) is 4.96. The molecule has 1 aromatic heterocycles. The Hall–Kier alpha value is -1.98. The minimum atomic E-state index is -3.82. The number of hydrogen-bond donors (Lipinski definition) is 1. The molecule has 0 saturated heterocycles. The number of fused-ring (bicyclic) bond motifs is 1. The second kappa shape index (κ2) is 9.23. The number of carbonyl (C=O) groups is 1. The number of methoxy groups -OCH3 is 1. The highest BCUT2D eigenvalue weighted by molar-refractivity contribution is 7.99. The molecule has 0 saturated carbocycles. The summed E-state index contributed by atoms with van der Waals surface area (Å²) >= 11 is 2.82. The van der Waals surface area contributed by atoms with Crippen molar-refractivity contribution in [3.05, 3.63) is 52.8 Å². The first-order valence-electron chi connectivity index (χ1n) is 8.81. The molecule has 0 aliphatic heterocycles. The lowest BCUT2D eigenvalue weighted by molar-refractivity contribution is 0.0994. The number of benzene rings is 2. The van der Waals surface area contributed by atoms with E-state index in [9.17, 15) is 13.2 Å². The van der Waals surface area contributed by atoms with E-state index < -0.39 is 10.0 Å². The van der Waals surface area contributed by atoms with Crippen LogP contribution >= 0.6 is 23.1 Å². The van der Waals surface area contributed by atoms with Crippen molar-refractivity contribution >= 4 is 49.2 Å². The van der Waals surface area contributed by atoms with Crippen LogP contribution in [0, 0.1) is 0 Å². The number of nitrogens with zero attached hydrogens (tertiary/aromatic N) is 2. The van der Waals surface area contributed by atoms with E-state index in [0.717, 1.165) is 16.2 Å². The first-order valence-corrected chi connectivity index (χ1v) is 12.2. The maximum absolute atomic E-state index is 12.9. The van der Waals surface area contributed by atoms with Crippen LogP contribution in [0.4, 0.5) is 0 Å². The van der Waals surface area contributed by atoms with Crippen LogP contribution in [-0.2, 0) is 21.3 Å². The highest BCUT2D eigenvalue weighted by atomic mass is 32.2. The van der Waals surface area contributed by atoms with Crippen LogP contribution in [0.5, 0.6) is 0 Å². The molecule has 0 aliphatic carbocycles. The molecule has 0 unspecified atom stereocenters. The van der Waals surface area contributed by atoms with Gasteiger partial charge in [0.2, 0.25) is 10.0 Å². The van der Waals surface area contributed by atoms with E-state index in [1.165, 1.54) is 23.5 Å². The standard InChI is InChI=1S/C19H21N3O4S3/c1-3-27-16-7-5-4-6-14(16)18(23)21-19-22(10-11-26-2)15-9-8-13(29(20,24)25)12-17(15)28-19/h4-9,12H,3,10-11H2,1-2H3,(H2,20,24,25). The molecule has 0 atom stereocenters. The van der Waals surface area contributed by atoms with Gasteiger partial charge < -0.3 is 9.30 Å². The maximum Gasteiger partial charge on any atom is 0.280 e. The van der Waals surface area contributed by atoms with Gasteiger partial charge in [-0.1, -0.05) is 30.4 Å². The third-order valence-electron chi connectivity index (χ3n) is 4.12. The molecule has 2 N–H and O–H groups in total. The van der Waals surface area contributed by atoms with E-state index in [-0.39, 0.29) is 10.8 Å². The second-order valence-electron chi connectivity index (χ2n) is 6.05. The summed E-state index contributed by atoms with van der Waals surface area (Å²) in [5.74, 6) is 0.503. The number of nitrogens with two attached hydrogens (primary N) is 1. The minimum absolute atomic E-state index is 0.0210. The van der Waals surface area contributed by atoms with Crippen LogP contribution < -0.4 is 9.94 Å². The van der Waals surface area contributed by atoms with E-state index >= 15 is 0 Å². The van der Waals surface area contributed by atoms with E-state index in [1.54, 1.807) is 31.0 Å². The summed E-state index contributed by atoms with van der Waals surface area (Å²) in [5.41, 5.74) is 1.31. The molecule has 29 heavy (non-hydrogen) atoms. The average molecular weight is 452 g/mol. The van der Waals surface area contributed by atoms with Gasteiger partial charge in [-0.2, -0.15) is 4.99 Å². The van der Waals surface area contributed by atoms with Crippen molar-refractivity contribution in [3.63, 3.8) is 0 Å². The third-order valence-corrected chi connectivity index (χ3v) is 7.02. The number of rotatable bonds is 7. The maximum atomic E-state index is 12.9. The van der Waals surface area contributed by atoms with Gasteiger partial charge in [-0.25, -0.2) is 13.6 Å². The van der Waals surface area contributed by atoms with E-state index in [1.807, 2.05) is 29.7 Å². The molecule has 0 aliphatic rings. The molecule has 0 fully saturated rings. The summed E-state index contributed by atoms with van der Waals surface area (Å²) in [5, 5.41) is 5.24. The van der Waals surface area contributed by atoms with Gasteiger partial charge in [-0.15, -0.1) is 11.8 Å². The first-order chi connectivity index (χ1) is 13.8. The molecule has 1 amide bonds. The lowest BCUT2D eigenvalue weighted by Crippen LogP contribution is -2.19. The zero-order valence-corrected chi connectivity index (χ0v) is 18.4. The normalized spacial score (nSPS) is 12.6. The molecule has 0 radical (unpaired) electrons. The number of amides is 1. The van der Waals surface area contributed by atoms with Gasteiger partial charge in [-0.05, 0) is 36.1 Å². The fourth-order valence-electron chi connectivity index (χ4n) is 2.79. The Bertz CT molecular complexity index is 1210. The van der Waals surface area contributed by atoms with Crippen LogP contribution in [0.15, 0.2) is 57.2 Å². The number of aromatic nitrogens is 1. The van der Waals surface area contributed by atoms with Crippen molar-refractivity contribution in [1.29, 1.82) is 0 Å². The SMILES string of the molecule is CCSc1ccccc1C(=O)N=c1sc2cc(S(N)(=O)=O)ccc2n1CCOC. The Balaban J connectivity index is 2.15. The number of thiazole rings is 1. The first kappa shape index (κ1) is 21.7. The molecule has 3 rings (SSSR count). The second-order valence-corrected chi connectivity index (χ2v) is 9.93. The molecule has 2 aromatic carbocycles. The molecule has 1 heterocycles. The zero-order chi connectivity index (χ0) is 21.0. The number of primary sulfonamides is 1. The smallest absolute Gasteiger partial charge is 0.280 e. The zero-order valence-electron chi connectivity index (χ0n) is 16.0. The van der Waals surface area contributed by atoms with Crippen molar-refractivity contribution in [2.45, 2.75) is 23.3 Å². The number of thioether (sulfide) groups is 1. The fourth-order valence-corrected chi connectivity index (χ4v) is 5.29. The lowest BCUT2D eigenvalue weighted by Gasteiger charge is -2.06. The van der Waals surface area contributed by atoms with Crippen molar-refractivity contribution in [2.24, 2.45) is 10.1 Å². The van der Waals surface area contributed by atoms with E-state index in [4.69, 9.17) is 9.88 Å². The summed E-state index contributed by atoms with van der Waals surface area (Å²) in [6.45, 7) is 2.92. The molecular formula is C19H21N3O4S3. The summed E-state index contributed by atoms with van der Waals surface area (Å²) in [4.78, 5) is 18.6. The van der Waals surface area contributed by atoms with Crippen LogP contribution in [0.1, 0.15) is 17.3 Å². The molecule has 3 aromatic rings. The van der Waals surface area contributed by atoms with Gasteiger partial charge in [0, 0.05) is 18.6 Å². The molecule has 7 nitrogen and oxygen atoms in total. The lowest BCUT2D eigenvalue weighted by atomic mass is 10.2. The van der Waals surface area contributed by atoms with Crippen LogP contribution in [0.3, 0.4) is 0 Å². The Kier molecular flexibility index (Phi) is 6.91. The number of ether oxygens (including phenoxy) is 1. The largest absolute Gasteiger partial charge is 0.383 e. The quantitative estimate of drug-likeness (QED) is 0.556. The summed E-state index contributed by atoms with van der Waals surface area (Å²) in [6, 6.07) is 12.0. The van der Waals surface area contributed by atoms with Crippen molar-refractivity contribution < 1.29 is 17.9 Å². The van der Waals surface area contributed by atoms with Crippen molar-refractivity contribution in [2.75, 3.05) is 19.5 Å². The number of hydrogen-bond acceptors (Lipinski definition) is 6. The van der Waals surface area contributed by atoms with Crippen LogP contribution in [-0.4, -0.2) is 38.4 Å². The summed E-state index contributed by atoms with van der Waals surface area (Å²) in [7, 11) is -2.23. The summed E-state index contributed by atoms with van der Waals surface area (Å²) < 4.78 is 31.1. The fraction of sp³-hybridized carbons (Fsp3) is 0.263. The number of carbonyl (C=O) groups excluding carboxylic acids is 1. The monoisotopic (exact) mass is 451 g/mol. The predicted octanol–water partition coefficient (Wildman–Crippen LogP) is 2.85. The molecule has 0 spiro atoms. The van der Waals surface area contributed by atoms with Crippen LogP contribution in [0.25, 0.3) is 10.2 Å². The van der Waals surface area contributed by atoms with E-state index in [2.05, 4.69) is 4.99 Å². The topological polar surface area (TPSA) is 104 Å². The minimum Gasteiger partial charge on any atom is -0.383 e.